The largest absolute Gasteiger partial charge is 0.507 e. The first-order chi connectivity index (χ1) is 8.33. The predicted octanol–water partition coefficient (Wildman–Crippen LogP) is 4.46. The first kappa shape index (κ1) is 10.5. The summed E-state index contributed by atoms with van der Waals surface area (Å²) in [7, 11) is 0. The zero-order valence-electron chi connectivity index (χ0n) is 9.22. The van der Waals surface area contributed by atoms with Crippen molar-refractivity contribution < 1.29 is 9.52 Å². The first-order valence-corrected chi connectivity index (χ1v) is 6.38. The maximum atomic E-state index is 9.95. The van der Waals surface area contributed by atoms with E-state index in [1.165, 1.54) is 4.91 Å². The van der Waals surface area contributed by atoms with E-state index in [2.05, 4.69) is 18.2 Å². The highest BCUT2D eigenvalue weighted by molar-refractivity contribution is 8.03. The van der Waals surface area contributed by atoms with Gasteiger partial charge in [0.1, 0.15) is 11.3 Å². The summed E-state index contributed by atoms with van der Waals surface area (Å²) >= 11 is 1.61. The minimum Gasteiger partial charge on any atom is -0.507 e. The molecule has 2 aromatic rings. The van der Waals surface area contributed by atoms with Gasteiger partial charge in [-0.2, -0.15) is 0 Å². The third-order valence-corrected chi connectivity index (χ3v) is 3.90. The van der Waals surface area contributed by atoms with Gasteiger partial charge in [0.05, 0.1) is 11.2 Å². The molecule has 0 spiro atoms. The number of phenols is 1. The van der Waals surface area contributed by atoms with Gasteiger partial charge in [-0.3, -0.25) is 0 Å². The first-order valence-electron chi connectivity index (χ1n) is 5.57. The van der Waals surface area contributed by atoms with E-state index < -0.39 is 0 Å². The monoisotopic (exact) mass is 244 g/mol. The van der Waals surface area contributed by atoms with Gasteiger partial charge < -0.3 is 9.52 Å². The molecule has 3 rings (SSSR count). The zero-order chi connectivity index (χ0) is 11.7. The SMILES string of the molecule is Oc1cc2ccoc2cc1SC1=CC=CCC1. The molecule has 0 fully saturated rings. The number of phenolic OH excluding ortho intramolecular Hbond substituents is 1. The van der Waals surface area contributed by atoms with Crippen LogP contribution >= 0.6 is 11.8 Å². The van der Waals surface area contributed by atoms with Gasteiger partial charge in [-0.05, 0) is 35.9 Å². The summed E-state index contributed by atoms with van der Waals surface area (Å²) < 4.78 is 5.34. The van der Waals surface area contributed by atoms with Crippen molar-refractivity contribution >= 4 is 22.7 Å². The molecule has 1 heterocycles. The van der Waals surface area contributed by atoms with E-state index >= 15 is 0 Å². The second-order valence-electron chi connectivity index (χ2n) is 3.98. The highest BCUT2D eigenvalue weighted by Gasteiger charge is 2.09. The number of furan rings is 1. The molecule has 0 amide bonds. The molecule has 2 nitrogen and oxygen atoms in total. The number of benzene rings is 1. The predicted molar refractivity (Wildman–Crippen MR) is 70.2 cm³/mol. The molecule has 1 aromatic carbocycles. The van der Waals surface area contributed by atoms with E-state index in [9.17, 15) is 5.11 Å². The molecule has 86 valence electrons. The molecule has 17 heavy (non-hydrogen) atoms. The number of hydrogen-bond acceptors (Lipinski definition) is 3. The van der Waals surface area contributed by atoms with Crippen LogP contribution in [0.1, 0.15) is 12.8 Å². The summed E-state index contributed by atoms with van der Waals surface area (Å²) in [6.45, 7) is 0. The van der Waals surface area contributed by atoms with E-state index in [0.29, 0.717) is 5.75 Å². The van der Waals surface area contributed by atoms with E-state index in [1.54, 1.807) is 24.1 Å². The third kappa shape index (κ3) is 2.11. The van der Waals surface area contributed by atoms with Crippen LogP contribution in [0, 0.1) is 0 Å². The minimum atomic E-state index is 0.319. The molecule has 0 bridgehead atoms. The fourth-order valence-corrected chi connectivity index (χ4v) is 2.85. The van der Waals surface area contributed by atoms with E-state index in [0.717, 1.165) is 28.7 Å². The Balaban J connectivity index is 1.96. The van der Waals surface area contributed by atoms with Crippen LogP contribution in [0.2, 0.25) is 0 Å². The lowest BCUT2D eigenvalue weighted by Gasteiger charge is -2.09. The van der Waals surface area contributed by atoms with Crippen LogP contribution in [-0.4, -0.2) is 5.11 Å². The second kappa shape index (κ2) is 4.34. The molecule has 0 aliphatic heterocycles. The van der Waals surface area contributed by atoms with Crippen molar-refractivity contribution in [3.05, 3.63) is 47.6 Å². The maximum Gasteiger partial charge on any atom is 0.135 e. The molecular formula is C14H12O2S. The highest BCUT2D eigenvalue weighted by atomic mass is 32.2. The fraction of sp³-hybridized carbons (Fsp3) is 0.143. The van der Waals surface area contributed by atoms with E-state index in [4.69, 9.17) is 4.42 Å². The van der Waals surface area contributed by atoms with Crippen LogP contribution in [-0.2, 0) is 0 Å². The van der Waals surface area contributed by atoms with Crippen LogP contribution in [0.15, 0.2) is 56.9 Å². The van der Waals surface area contributed by atoms with E-state index in [1.807, 2.05) is 12.1 Å². The maximum absolute atomic E-state index is 9.95. The summed E-state index contributed by atoms with van der Waals surface area (Å²) in [6, 6.07) is 5.50. The van der Waals surface area contributed by atoms with Crippen molar-refractivity contribution in [2.75, 3.05) is 0 Å². The summed E-state index contributed by atoms with van der Waals surface area (Å²) in [4.78, 5) is 2.13. The molecule has 3 heteroatoms. The fourth-order valence-electron chi connectivity index (χ4n) is 1.87. The quantitative estimate of drug-likeness (QED) is 0.846. The van der Waals surface area contributed by atoms with Gasteiger partial charge in [0.15, 0.2) is 0 Å². The topological polar surface area (TPSA) is 33.4 Å². The molecule has 0 radical (unpaired) electrons. The number of allylic oxidation sites excluding steroid dienone is 4. The van der Waals surface area contributed by atoms with Crippen LogP contribution in [0.4, 0.5) is 0 Å². The highest BCUT2D eigenvalue weighted by Crippen LogP contribution is 2.39. The zero-order valence-corrected chi connectivity index (χ0v) is 10.0. The molecule has 0 unspecified atom stereocenters. The number of thioether (sulfide) groups is 1. The van der Waals surface area contributed by atoms with Gasteiger partial charge in [-0.1, -0.05) is 30.0 Å². The molecule has 1 N–H and O–H groups in total. The molecular weight excluding hydrogens is 232 g/mol. The molecule has 0 saturated heterocycles. The van der Waals surface area contributed by atoms with Crippen molar-refractivity contribution in [1.29, 1.82) is 0 Å². The van der Waals surface area contributed by atoms with Crippen molar-refractivity contribution in [2.24, 2.45) is 0 Å². The molecule has 0 saturated carbocycles. The summed E-state index contributed by atoms with van der Waals surface area (Å²) in [6.07, 6.45) is 10.1. The van der Waals surface area contributed by atoms with Gasteiger partial charge in [0.2, 0.25) is 0 Å². The summed E-state index contributed by atoms with van der Waals surface area (Å²) in [5.41, 5.74) is 0.817. The second-order valence-corrected chi connectivity index (χ2v) is 5.15. The van der Waals surface area contributed by atoms with Crippen molar-refractivity contribution in [3.63, 3.8) is 0 Å². The van der Waals surface area contributed by atoms with Gasteiger partial charge in [0, 0.05) is 5.39 Å². The van der Waals surface area contributed by atoms with Crippen molar-refractivity contribution in [1.82, 2.24) is 0 Å². The Morgan fingerprint density at radius 3 is 3.06 bits per heavy atom. The van der Waals surface area contributed by atoms with Gasteiger partial charge in [-0.15, -0.1) is 0 Å². The van der Waals surface area contributed by atoms with Gasteiger partial charge in [-0.25, -0.2) is 0 Å². The van der Waals surface area contributed by atoms with Crippen LogP contribution < -0.4 is 0 Å². The standard InChI is InChI=1S/C14H12O2S/c15-12-8-10-6-7-16-13(10)9-14(12)17-11-4-2-1-3-5-11/h1-2,4,6-9,15H,3,5H2. The molecule has 0 atom stereocenters. The Morgan fingerprint density at radius 1 is 1.29 bits per heavy atom. The van der Waals surface area contributed by atoms with Gasteiger partial charge >= 0.3 is 0 Å². The average molecular weight is 244 g/mol. The Bertz CT molecular complexity index is 608. The molecule has 1 aromatic heterocycles. The molecule has 1 aliphatic rings. The molecule has 1 aliphatic carbocycles. The Kier molecular flexibility index (Phi) is 2.69. The third-order valence-electron chi connectivity index (χ3n) is 2.75. The Morgan fingerprint density at radius 2 is 2.24 bits per heavy atom. The minimum absolute atomic E-state index is 0.319. The van der Waals surface area contributed by atoms with Crippen molar-refractivity contribution in [3.8, 4) is 5.75 Å². The average Bonchev–Trinajstić information content (AvgIpc) is 2.78. The Hall–Kier alpha value is -1.61. The lowest BCUT2D eigenvalue weighted by molar-refractivity contribution is 0.463. The van der Waals surface area contributed by atoms with Crippen LogP contribution in [0.5, 0.6) is 5.75 Å². The normalized spacial score (nSPS) is 15.2. The number of aromatic hydroxyl groups is 1. The number of fused-ring (bicyclic) bond motifs is 1. The summed E-state index contributed by atoms with van der Waals surface area (Å²) in [5.74, 6) is 0.319. The number of hydrogen-bond donors (Lipinski definition) is 1. The van der Waals surface area contributed by atoms with Crippen molar-refractivity contribution in [2.45, 2.75) is 17.7 Å². The van der Waals surface area contributed by atoms with Crippen LogP contribution in [0.3, 0.4) is 0 Å². The lowest BCUT2D eigenvalue weighted by atomic mass is 10.2. The van der Waals surface area contributed by atoms with Crippen LogP contribution in [0.25, 0.3) is 11.0 Å². The van der Waals surface area contributed by atoms with Gasteiger partial charge in [0.25, 0.3) is 0 Å². The number of rotatable bonds is 2. The summed E-state index contributed by atoms with van der Waals surface area (Å²) in [5, 5.41) is 10.9. The lowest BCUT2D eigenvalue weighted by Crippen LogP contribution is -1.83. The Labute approximate surface area is 104 Å². The smallest absolute Gasteiger partial charge is 0.135 e. The van der Waals surface area contributed by atoms with E-state index in [-0.39, 0.29) is 0 Å².